The minimum absolute atomic E-state index is 0.136. The highest BCUT2D eigenvalue weighted by Crippen LogP contribution is 2.29. The molecule has 0 saturated heterocycles. The average Bonchev–Trinajstić information content (AvgIpc) is 2.80. The van der Waals surface area contributed by atoms with Gasteiger partial charge < -0.3 is 10.4 Å². The number of hydrogen-bond acceptors (Lipinski definition) is 3. The van der Waals surface area contributed by atoms with Crippen molar-refractivity contribution in [3.05, 3.63) is 50.3 Å². The van der Waals surface area contributed by atoms with Crippen LogP contribution >= 0.6 is 27.3 Å². The zero-order chi connectivity index (χ0) is 15.6. The molecule has 0 bridgehead atoms. The summed E-state index contributed by atoms with van der Waals surface area (Å²) in [4.78, 5) is 24.4. The number of anilines is 1. The van der Waals surface area contributed by atoms with Crippen LogP contribution in [-0.2, 0) is 6.42 Å². The van der Waals surface area contributed by atoms with E-state index in [1.54, 1.807) is 18.2 Å². The van der Waals surface area contributed by atoms with Crippen LogP contribution in [0.4, 0.5) is 5.00 Å². The van der Waals surface area contributed by atoms with E-state index in [9.17, 15) is 14.7 Å². The highest BCUT2D eigenvalue weighted by molar-refractivity contribution is 9.10. The van der Waals surface area contributed by atoms with E-state index in [4.69, 9.17) is 0 Å². The Kier molecular flexibility index (Phi) is 4.80. The van der Waals surface area contributed by atoms with Crippen LogP contribution in [0.3, 0.4) is 0 Å². The first kappa shape index (κ1) is 15.7. The number of carboxylic acids is 1. The predicted molar refractivity (Wildman–Crippen MR) is 87.5 cm³/mol. The van der Waals surface area contributed by atoms with Crippen LogP contribution < -0.4 is 5.32 Å². The quantitative estimate of drug-likeness (QED) is 0.844. The Bertz CT molecular complexity index is 689. The zero-order valence-corrected chi connectivity index (χ0v) is 14.0. The first-order valence-electron chi connectivity index (χ1n) is 6.35. The van der Waals surface area contributed by atoms with E-state index in [1.165, 1.54) is 11.3 Å². The van der Waals surface area contributed by atoms with Gasteiger partial charge >= 0.3 is 5.97 Å². The Labute approximate surface area is 134 Å². The van der Waals surface area contributed by atoms with Gasteiger partial charge in [-0.1, -0.05) is 22.9 Å². The molecule has 0 aliphatic heterocycles. The summed E-state index contributed by atoms with van der Waals surface area (Å²) >= 11 is 4.64. The van der Waals surface area contributed by atoms with Crippen molar-refractivity contribution in [3.63, 3.8) is 0 Å². The number of carbonyl (C=O) groups excluding carboxylic acids is 1. The molecule has 6 heteroatoms. The SMILES string of the molecule is CCc1cc(C(=O)O)c(NC(=O)c2cc(C)cc(Br)c2)s1. The second-order valence-electron chi connectivity index (χ2n) is 4.59. The lowest BCUT2D eigenvalue weighted by molar-refractivity contribution is 0.0698. The number of aromatic carboxylic acids is 1. The van der Waals surface area contributed by atoms with Gasteiger partial charge in [-0.2, -0.15) is 0 Å². The summed E-state index contributed by atoms with van der Waals surface area (Å²) in [5.74, 6) is -1.35. The number of thiophene rings is 1. The lowest BCUT2D eigenvalue weighted by Crippen LogP contribution is -2.13. The van der Waals surface area contributed by atoms with Crippen LogP contribution in [0.15, 0.2) is 28.7 Å². The summed E-state index contributed by atoms with van der Waals surface area (Å²) in [5.41, 5.74) is 1.58. The van der Waals surface area contributed by atoms with Gasteiger partial charge in [-0.3, -0.25) is 4.79 Å². The third-order valence-electron chi connectivity index (χ3n) is 2.89. The van der Waals surface area contributed by atoms with Crippen LogP contribution in [0.5, 0.6) is 0 Å². The maximum absolute atomic E-state index is 12.3. The highest BCUT2D eigenvalue weighted by atomic mass is 79.9. The fourth-order valence-corrected chi connectivity index (χ4v) is 3.50. The number of carbonyl (C=O) groups is 2. The molecule has 0 radical (unpaired) electrons. The summed E-state index contributed by atoms with van der Waals surface area (Å²) in [6.45, 7) is 3.84. The minimum atomic E-state index is -1.04. The molecule has 0 aliphatic carbocycles. The van der Waals surface area contributed by atoms with Gasteiger partial charge in [0.1, 0.15) is 5.00 Å². The standard InChI is InChI=1S/C15H14BrNO3S/c1-3-11-7-12(15(19)20)14(21-11)17-13(18)9-4-8(2)5-10(16)6-9/h4-7H,3H2,1-2H3,(H,17,18)(H,19,20). The number of benzene rings is 1. The fraction of sp³-hybridized carbons (Fsp3) is 0.200. The number of carboxylic acid groups (broad SMARTS) is 1. The molecule has 2 N–H and O–H groups in total. The van der Waals surface area contributed by atoms with Crippen molar-refractivity contribution < 1.29 is 14.7 Å². The van der Waals surface area contributed by atoms with Crippen molar-refractivity contribution >= 4 is 44.1 Å². The normalized spacial score (nSPS) is 10.4. The van der Waals surface area contributed by atoms with Gasteiger partial charge in [0, 0.05) is 14.9 Å². The van der Waals surface area contributed by atoms with Gasteiger partial charge in [0.25, 0.3) is 5.91 Å². The predicted octanol–water partition coefficient (Wildman–Crippen LogP) is 4.33. The van der Waals surface area contributed by atoms with Crippen molar-refractivity contribution in [2.45, 2.75) is 20.3 Å². The lowest BCUT2D eigenvalue weighted by atomic mass is 10.1. The average molecular weight is 368 g/mol. The highest BCUT2D eigenvalue weighted by Gasteiger charge is 2.17. The van der Waals surface area contributed by atoms with Crippen LogP contribution in [0.1, 0.15) is 38.1 Å². The van der Waals surface area contributed by atoms with Gasteiger partial charge in [0.05, 0.1) is 5.56 Å². The van der Waals surface area contributed by atoms with E-state index in [1.807, 2.05) is 19.9 Å². The molecule has 0 saturated carbocycles. The maximum atomic E-state index is 12.3. The molecule has 1 amide bonds. The molecular weight excluding hydrogens is 354 g/mol. The summed E-state index contributed by atoms with van der Waals surface area (Å²) in [7, 11) is 0. The smallest absolute Gasteiger partial charge is 0.338 e. The van der Waals surface area contributed by atoms with E-state index in [0.717, 1.165) is 21.3 Å². The Morgan fingerprint density at radius 3 is 2.57 bits per heavy atom. The first-order valence-corrected chi connectivity index (χ1v) is 7.96. The van der Waals surface area contributed by atoms with Crippen LogP contribution in [0, 0.1) is 6.92 Å². The van der Waals surface area contributed by atoms with Crippen LogP contribution in [0.25, 0.3) is 0 Å². The van der Waals surface area contributed by atoms with Gasteiger partial charge in [-0.05, 0) is 43.2 Å². The molecular formula is C15H14BrNO3S. The van der Waals surface area contributed by atoms with E-state index in [2.05, 4.69) is 21.2 Å². The van der Waals surface area contributed by atoms with Crippen LogP contribution in [0.2, 0.25) is 0 Å². The molecule has 0 unspecified atom stereocenters. The largest absolute Gasteiger partial charge is 0.478 e. The molecule has 0 fully saturated rings. The van der Waals surface area contributed by atoms with E-state index >= 15 is 0 Å². The molecule has 0 aliphatic rings. The molecule has 110 valence electrons. The third kappa shape index (κ3) is 3.71. The second-order valence-corrected chi connectivity index (χ2v) is 6.64. The number of halogens is 1. The van der Waals surface area contributed by atoms with E-state index < -0.39 is 5.97 Å². The number of nitrogens with one attached hydrogen (secondary N) is 1. The summed E-state index contributed by atoms with van der Waals surface area (Å²) in [6, 6.07) is 6.97. The molecule has 1 aromatic carbocycles. The third-order valence-corrected chi connectivity index (χ3v) is 4.55. The summed E-state index contributed by atoms with van der Waals surface area (Å²) in [6.07, 6.45) is 0.733. The van der Waals surface area contributed by atoms with Crippen molar-refractivity contribution in [2.24, 2.45) is 0 Å². The monoisotopic (exact) mass is 367 g/mol. The number of aryl methyl sites for hydroxylation is 2. The maximum Gasteiger partial charge on any atom is 0.338 e. The van der Waals surface area contributed by atoms with Gasteiger partial charge in [-0.25, -0.2) is 4.79 Å². The Morgan fingerprint density at radius 1 is 1.29 bits per heavy atom. The number of amides is 1. The lowest BCUT2D eigenvalue weighted by Gasteiger charge is -2.06. The zero-order valence-electron chi connectivity index (χ0n) is 11.6. The Morgan fingerprint density at radius 2 is 2.00 bits per heavy atom. The Hall–Kier alpha value is -1.66. The van der Waals surface area contributed by atoms with E-state index in [-0.39, 0.29) is 11.5 Å². The molecule has 1 aromatic heterocycles. The Balaban J connectivity index is 2.30. The van der Waals surface area contributed by atoms with Crippen molar-refractivity contribution in [3.8, 4) is 0 Å². The van der Waals surface area contributed by atoms with Crippen molar-refractivity contribution in [2.75, 3.05) is 5.32 Å². The summed E-state index contributed by atoms with van der Waals surface area (Å²) in [5, 5.41) is 12.3. The second kappa shape index (κ2) is 6.41. The fourth-order valence-electron chi connectivity index (χ4n) is 1.91. The number of rotatable bonds is 4. The van der Waals surface area contributed by atoms with E-state index in [0.29, 0.717) is 10.6 Å². The van der Waals surface area contributed by atoms with Gasteiger partial charge in [0.15, 0.2) is 0 Å². The van der Waals surface area contributed by atoms with Gasteiger partial charge in [-0.15, -0.1) is 11.3 Å². The molecule has 0 spiro atoms. The summed E-state index contributed by atoms with van der Waals surface area (Å²) < 4.78 is 0.812. The molecule has 4 nitrogen and oxygen atoms in total. The molecule has 0 atom stereocenters. The molecule has 1 heterocycles. The molecule has 21 heavy (non-hydrogen) atoms. The first-order chi connectivity index (χ1) is 9.90. The van der Waals surface area contributed by atoms with Crippen molar-refractivity contribution in [1.29, 1.82) is 0 Å². The molecule has 2 rings (SSSR count). The van der Waals surface area contributed by atoms with Crippen LogP contribution in [-0.4, -0.2) is 17.0 Å². The topological polar surface area (TPSA) is 66.4 Å². The number of hydrogen-bond donors (Lipinski definition) is 2. The van der Waals surface area contributed by atoms with Crippen molar-refractivity contribution in [1.82, 2.24) is 0 Å². The van der Waals surface area contributed by atoms with Gasteiger partial charge in [0.2, 0.25) is 0 Å². The molecule has 2 aromatic rings. The minimum Gasteiger partial charge on any atom is -0.478 e.